The number of rotatable bonds is 12. The van der Waals surface area contributed by atoms with Crippen molar-refractivity contribution >= 4 is 28.8 Å². The molecule has 8 N–H and O–H groups in total. The molecule has 2 aromatic heterocycles. The average Bonchev–Trinajstić information content (AvgIpc) is 3.42. The Morgan fingerprint density at radius 1 is 0.980 bits per heavy atom. The lowest BCUT2D eigenvalue weighted by Gasteiger charge is -2.21. The maximum atomic E-state index is 14.6. The molecule has 2 aromatic carbocycles. The van der Waals surface area contributed by atoms with Gasteiger partial charge in [0, 0.05) is 46.2 Å². The zero-order valence-corrected chi connectivity index (χ0v) is 30.5. The minimum Gasteiger partial charge on any atom is -0.370 e. The number of guanidine groups is 1. The smallest absolute Gasteiger partial charge is 0.370 e. The van der Waals surface area contributed by atoms with Crippen molar-refractivity contribution in [3.05, 3.63) is 87.3 Å². The van der Waals surface area contributed by atoms with E-state index >= 15 is 0 Å². The van der Waals surface area contributed by atoms with Crippen molar-refractivity contribution in [3.63, 3.8) is 0 Å². The second-order valence-corrected chi connectivity index (χ2v) is 15.3. The van der Waals surface area contributed by atoms with Crippen molar-refractivity contribution in [2.75, 3.05) is 19.6 Å². The summed E-state index contributed by atoms with van der Waals surface area (Å²) < 4.78 is 53.6. The van der Waals surface area contributed by atoms with E-state index in [-0.39, 0.29) is 39.3 Å². The first-order valence-corrected chi connectivity index (χ1v) is 17.4. The van der Waals surface area contributed by atoms with Crippen molar-refractivity contribution < 1.29 is 17.6 Å². The third kappa shape index (κ3) is 12.8. The largest absolute Gasteiger partial charge is 0.446 e. The predicted octanol–water partition coefficient (Wildman–Crippen LogP) is 6.78. The molecule has 0 unspecified atom stereocenters. The van der Waals surface area contributed by atoms with Gasteiger partial charge in [-0.2, -0.15) is 18.2 Å². The van der Waals surface area contributed by atoms with Gasteiger partial charge in [-0.3, -0.25) is 9.56 Å². The number of aromatic amines is 1. The number of H-pyrrole nitrogens is 1. The van der Waals surface area contributed by atoms with Gasteiger partial charge in [0.1, 0.15) is 11.5 Å². The molecule has 0 radical (unpaired) electrons. The Labute approximate surface area is 295 Å². The van der Waals surface area contributed by atoms with Gasteiger partial charge >= 0.3 is 11.2 Å². The Morgan fingerprint density at radius 2 is 1.70 bits per heavy atom. The van der Waals surface area contributed by atoms with Crippen LogP contribution >= 0.6 is 11.8 Å². The topological polar surface area (TPSA) is 153 Å². The van der Waals surface area contributed by atoms with Gasteiger partial charge < -0.3 is 27.5 Å². The summed E-state index contributed by atoms with van der Waals surface area (Å²) in [5, 5.41) is 3.95. The van der Waals surface area contributed by atoms with Crippen LogP contribution in [0.5, 0.6) is 0 Å². The van der Waals surface area contributed by atoms with Crippen molar-refractivity contribution in [1.29, 1.82) is 0 Å². The molecule has 4 aromatic rings. The van der Waals surface area contributed by atoms with Gasteiger partial charge in [0.25, 0.3) is 0 Å². The zero-order chi connectivity index (χ0) is 37.3. The Bertz CT molecular complexity index is 1800. The quantitative estimate of drug-likeness (QED) is 0.0356. The summed E-state index contributed by atoms with van der Waals surface area (Å²) in [5.41, 5.74) is 15.4. The molecule has 50 heavy (non-hydrogen) atoms. The summed E-state index contributed by atoms with van der Waals surface area (Å²) >= 11 is -0.0403. The van der Waals surface area contributed by atoms with Gasteiger partial charge in [-0.1, -0.05) is 53.7 Å². The molecule has 0 bridgehead atoms. The van der Waals surface area contributed by atoms with Crippen LogP contribution in [0.2, 0.25) is 0 Å². The lowest BCUT2D eigenvalue weighted by molar-refractivity contribution is -0.0328. The number of fused-ring (bicyclic) bond motifs is 1. The van der Waals surface area contributed by atoms with E-state index in [0.29, 0.717) is 43.1 Å². The first-order chi connectivity index (χ1) is 23.3. The summed E-state index contributed by atoms with van der Waals surface area (Å²) in [6, 6.07) is 12.0. The SMILES string of the molecule is CC(C)(C)c1cc(CCCCN)cc(SC(F)(F)F)c1.CC(C)(C)c1cc2cn(-c3ccc(CNCCCN=C(N)N)c(F)c3)c(=O)nc2[nH]1. The number of thioether (sulfide) groups is 1. The molecule has 4 rings (SSSR count). The van der Waals surface area contributed by atoms with Gasteiger partial charge in [0.05, 0.1) is 5.69 Å². The second-order valence-electron chi connectivity index (χ2n) is 14.2. The van der Waals surface area contributed by atoms with Crippen molar-refractivity contribution in [1.82, 2.24) is 19.9 Å². The van der Waals surface area contributed by atoms with Crippen molar-refractivity contribution in [3.8, 4) is 5.69 Å². The third-order valence-electron chi connectivity index (χ3n) is 7.74. The minimum absolute atomic E-state index is 0.0403. The molecule has 0 saturated heterocycles. The standard InChI is InChI=1S/C21H28FN7O.C15H22F3NS/c1-21(2,3)17-9-14-12-29(20(30)28-18(14)27-17)15-6-5-13(16(22)10-15)11-25-7-4-8-26-19(23)24;1-14(2,3)12-8-11(6-4-5-7-19)9-13(10-12)20-15(16,17)18/h5-6,9-10,12,25H,4,7-8,11H2,1-3H3,(H4,23,24,26)(H,27,28,30);8-10H,4-7,19H2,1-3H3. The molecular weight excluding hydrogens is 669 g/mol. The summed E-state index contributed by atoms with van der Waals surface area (Å²) in [7, 11) is 0. The number of hydrogen-bond acceptors (Lipinski definition) is 6. The molecule has 0 aliphatic rings. The lowest BCUT2D eigenvalue weighted by Crippen LogP contribution is -2.23. The van der Waals surface area contributed by atoms with Gasteiger partial charge in [0.2, 0.25) is 0 Å². The van der Waals surface area contributed by atoms with Crippen molar-refractivity contribution in [2.24, 2.45) is 22.2 Å². The summed E-state index contributed by atoms with van der Waals surface area (Å²) in [6.45, 7) is 14.4. The van der Waals surface area contributed by atoms with Crippen molar-refractivity contribution in [2.45, 2.75) is 95.0 Å². The molecule has 2 heterocycles. The molecule has 0 fully saturated rings. The second kappa shape index (κ2) is 17.4. The third-order valence-corrected chi connectivity index (χ3v) is 8.44. The van der Waals surface area contributed by atoms with E-state index in [4.69, 9.17) is 17.2 Å². The Kier molecular flexibility index (Phi) is 14.1. The number of nitrogens with one attached hydrogen (secondary N) is 2. The maximum Gasteiger partial charge on any atom is 0.446 e. The number of benzene rings is 2. The lowest BCUT2D eigenvalue weighted by atomic mass is 9.86. The molecule has 274 valence electrons. The highest BCUT2D eigenvalue weighted by molar-refractivity contribution is 8.00. The highest BCUT2D eigenvalue weighted by atomic mass is 32.2. The Balaban J connectivity index is 0.000000295. The number of halogens is 4. The Hall–Kier alpha value is -3.88. The first kappa shape index (κ1) is 40.5. The van der Waals surface area contributed by atoms with Gasteiger partial charge in [-0.05, 0) is 97.4 Å². The number of nitrogens with two attached hydrogens (primary N) is 3. The van der Waals surface area contributed by atoms with Crippen LogP contribution in [0.15, 0.2) is 63.3 Å². The molecule has 14 heteroatoms. The number of alkyl halides is 3. The van der Waals surface area contributed by atoms with Crippen LogP contribution < -0.4 is 28.2 Å². The number of nitrogens with zero attached hydrogens (tertiary/aromatic N) is 3. The van der Waals surface area contributed by atoms with E-state index in [2.05, 4.69) is 41.0 Å². The summed E-state index contributed by atoms with van der Waals surface area (Å²) in [5.74, 6) is -0.325. The van der Waals surface area contributed by atoms with E-state index < -0.39 is 11.2 Å². The fourth-order valence-corrected chi connectivity index (χ4v) is 5.62. The number of unbranched alkanes of at least 4 members (excludes halogenated alkanes) is 1. The van der Waals surface area contributed by atoms with E-state index in [0.717, 1.165) is 47.9 Å². The summed E-state index contributed by atoms with van der Waals surface area (Å²) in [6.07, 6.45) is 4.99. The molecule has 0 aliphatic heterocycles. The van der Waals surface area contributed by atoms with E-state index in [9.17, 15) is 22.4 Å². The molecule has 0 amide bonds. The molecule has 0 saturated carbocycles. The van der Waals surface area contributed by atoms with Gasteiger partial charge in [0.15, 0.2) is 5.96 Å². The van der Waals surface area contributed by atoms with Crippen LogP contribution in [0.1, 0.15) is 83.2 Å². The number of hydrogen-bond donors (Lipinski definition) is 5. The van der Waals surface area contributed by atoms with Crippen LogP contribution in [-0.2, 0) is 23.8 Å². The first-order valence-electron chi connectivity index (χ1n) is 16.5. The van der Waals surface area contributed by atoms with Gasteiger partial charge in [-0.25, -0.2) is 9.18 Å². The minimum atomic E-state index is -4.25. The Morgan fingerprint density at radius 3 is 2.30 bits per heavy atom. The van der Waals surface area contributed by atoms with Crippen LogP contribution in [0.3, 0.4) is 0 Å². The fourth-order valence-electron chi connectivity index (χ4n) is 4.95. The number of aliphatic imine (C=N–C) groups is 1. The molecule has 9 nitrogen and oxygen atoms in total. The molecule has 0 aliphatic carbocycles. The highest BCUT2D eigenvalue weighted by Gasteiger charge is 2.30. The zero-order valence-electron chi connectivity index (χ0n) is 29.7. The van der Waals surface area contributed by atoms with Crippen LogP contribution in [0.4, 0.5) is 17.6 Å². The van der Waals surface area contributed by atoms with E-state index in [1.165, 1.54) is 10.6 Å². The number of aromatic nitrogens is 3. The van der Waals surface area contributed by atoms with Crippen LogP contribution in [-0.4, -0.2) is 45.6 Å². The van der Waals surface area contributed by atoms with Crippen LogP contribution in [0.25, 0.3) is 16.7 Å². The normalized spacial score (nSPS) is 12.1. The monoisotopic (exact) mass is 718 g/mol. The number of aryl methyl sites for hydroxylation is 1. The van der Waals surface area contributed by atoms with Crippen LogP contribution in [0, 0.1) is 5.82 Å². The van der Waals surface area contributed by atoms with E-state index in [1.807, 2.05) is 32.9 Å². The average molecular weight is 719 g/mol. The predicted molar refractivity (Wildman–Crippen MR) is 196 cm³/mol. The maximum absolute atomic E-state index is 14.6. The highest BCUT2D eigenvalue weighted by Crippen LogP contribution is 2.39. The summed E-state index contributed by atoms with van der Waals surface area (Å²) in [4.78, 5) is 24.0. The fraction of sp³-hybridized carbons (Fsp3) is 0.472. The van der Waals surface area contributed by atoms with Gasteiger partial charge in [-0.15, -0.1) is 0 Å². The molecular formula is C36H50F4N8OS. The molecule has 0 spiro atoms. The molecule has 0 atom stereocenters. The van der Waals surface area contributed by atoms with E-state index in [1.54, 1.807) is 30.5 Å².